The minimum atomic E-state index is -3.44. The summed E-state index contributed by atoms with van der Waals surface area (Å²) in [6, 6.07) is 8.70. The molecule has 0 aliphatic carbocycles. The van der Waals surface area contributed by atoms with Gasteiger partial charge in [0.1, 0.15) is 5.75 Å². The van der Waals surface area contributed by atoms with E-state index >= 15 is 0 Å². The van der Waals surface area contributed by atoms with Gasteiger partial charge in [-0.3, -0.25) is 0 Å². The molecule has 0 aliphatic rings. The molecule has 1 aromatic carbocycles. The van der Waals surface area contributed by atoms with Crippen molar-refractivity contribution in [2.75, 3.05) is 5.75 Å². The molecule has 0 saturated heterocycles. The maximum Gasteiger partial charge on any atom is 0.309 e. The molecular formula is C18H33NO3S. The molecule has 0 aliphatic heterocycles. The second kappa shape index (κ2) is 13.4. The normalized spacial score (nSPS) is 11.0. The molecule has 0 radical (unpaired) electrons. The summed E-state index contributed by atoms with van der Waals surface area (Å²) >= 11 is 0. The summed E-state index contributed by atoms with van der Waals surface area (Å²) in [6.07, 6.45) is 11.9. The molecule has 0 unspecified atom stereocenters. The second-order valence-corrected chi connectivity index (χ2v) is 7.53. The van der Waals surface area contributed by atoms with Crippen molar-refractivity contribution in [3.63, 3.8) is 0 Å². The van der Waals surface area contributed by atoms with Gasteiger partial charge >= 0.3 is 10.1 Å². The van der Waals surface area contributed by atoms with Crippen LogP contribution in [-0.4, -0.2) is 14.2 Å². The average molecular weight is 344 g/mol. The standard InChI is InChI=1S/C18H30O3S.H3N/c1-2-3-4-5-6-7-8-9-10-14-17-22(19,20)21-18-15-12-11-13-16-18;/h11-13,15-16H,2-10,14,17H2,1H3;1H3. The Kier molecular flexibility index (Phi) is 12.8. The molecule has 0 aromatic heterocycles. The molecule has 0 amide bonds. The Hall–Kier alpha value is -1.07. The fourth-order valence-electron chi connectivity index (χ4n) is 2.43. The van der Waals surface area contributed by atoms with Gasteiger partial charge in [-0.05, 0) is 18.6 Å². The van der Waals surface area contributed by atoms with Crippen molar-refractivity contribution in [2.45, 2.75) is 71.1 Å². The van der Waals surface area contributed by atoms with Gasteiger partial charge in [-0.2, -0.15) is 8.42 Å². The van der Waals surface area contributed by atoms with E-state index < -0.39 is 10.1 Å². The van der Waals surface area contributed by atoms with E-state index in [1.807, 2.05) is 6.07 Å². The van der Waals surface area contributed by atoms with Crippen molar-refractivity contribution in [3.8, 4) is 5.75 Å². The largest absolute Gasteiger partial charge is 0.382 e. The van der Waals surface area contributed by atoms with Gasteiger partial charge in [0.2, 0.25) is 0 Å². The summed E-state index contributed by atoms with van der Waals surface area (Å²) in [5, 5.41) is 0. The van der Waals surface area contributed by atoms with Crippen LogP contribution < -0.4 is 10.3 Å². The molecule has 3 N–H and O–H groups in total. The topological polar surface area (TPSA) is 78.4 Å². The average Bonchev–Trinajstić information content (AvgIpc) is 2.49. The van der Waals surface area contributed by atoms with Crippen LogP contribution in [0.5, 0.6) is 5.75 Å². The van der Waals surface area contributed by atoms with Gasteiger partial charge in [0.15, 0.2) is 0 Å². The summed E-state index contributed by atoms with van der Waals surface area (Å²) < 4.78 is 28.7. The summed E-state index contributed by atoms with van der Waals surface area (Å²) in [5.41, 5.74) is 0. The molecule has 23 heavy (non-hydrogen) atoms. The van der Waals surface area contributed by atoms with E-state index in [0.717, 1.165) is 12.8 Å². The fraction of sp³-hybridized carbons (Fsp3) is 0.667. The molecule has 134 valence electrons. The van der Waals surface area contributed by atoms with Crippen LogP contribution >= 0.6 is 0 Å². The first kappa shape index (κ1) is 21.9. The zero-order chi connectivity index (χ0) is 16.1. The maximum atomic E-state index is 11.8. The SMILES string of the molecule is CCCCCCCCCCCCS(=O)(=O)Oc1ccccc1.N. The molecule has 5 heteroatoms. The van der Waals surface area contributed by atoms with Crippen LogP contribution in [0.25, 0.3) is 0 Å². The number of hydrogen-bond donors (Lipinski definition) is 1. The Morgan fingerprint density at radius 2 is 1.26 bits per heavy atom. The number of para-hydroxylation sites is 1. The van der Waals surface area contributed by atoms with E-state index in [2.05, 4.69) is 6.92 Å². The molecule has 0 atom stereocenters. The van der Waals surface area contributed by atoms with Gasteiger partial charge in [0.05, 0.1) is 5.75 Å². The maximum absolute atomic E-state index is 11.8. The number of hydrogen-bond acceptors (Lipinski definition) is 4. The summed E-state index contributed by atoms with van der Waals surface area (Å²) in [6.45, 7) is 2.23. The van der Waals surface area contributed by atoms with Crippen molar-refractivity contribution >= 4 is 10.1 Å². The third kappa shape index (κ3) is 12.1. The summed E-state index contributed by atoms with van der Waals surface area (Å²) in [7, 11) is -3.44. The Labute approximate surface area is 142 Å². The van der Waals surface area contributed by atoms with E-state index in [1.54, 1.807) is 24.3 Å². The zero-order valence-corrected chi connectivity index (χ0v) is 15.3. The van der Waals surface area contributed by atoms with Gasteiger partial charge < -0.3 is 10.3 Å². The molecule has 1 rings (SSSR count). The molecule has 0 fully saturated rings. The van der Waals surface area contributed by atoms with Gasteiger partial charge in [-0.25, -0.2) is 0 Å². The lowest BCUT2D eigenvalue weighted by Crippen LogP contribution is -2.13. The molecule has 0 saturated carbocycles. The van der Waals surface area contributed by atoms with Crippen molar-refractivity contribution in [3.05, 3.63) is 30.3 Å². The van der Waals surface area contributed by atoms with Gasteiger partial charge in [0.25, 0.3) is 0 Å². The Morgan fingerprint density at radius 1 is 0.783 bits per heavy atom. The number of unbranched alkanes of at least 4 members (excludes halogenated alkanes) is 9. The van der Waals surface area contributed by atoms with Crippen LogP contribution in [0.2, 0.25) is 0 Å². The zero-order valence-electron chi connectivity index (χ0n) is 14.5. The Morgan fingerprint density at radius 3 is 1.78 bits per heavy atom. The van der Waals surface area contributed by atoms with Gasteiger partial charge in [0, 0.05) is 0 Å². The van der Waals surface area contributed by atoms with E-state index in [4.69, 9.17) is 4.18 Å². The first-order chi connectivity index (χ1) is 10.6. The molecule has 0 bridgehead atoms. The summed E-state index contributed by atoms with van der Waals surface area (Å²) in [4.78, 5) is 0. The van der Waals surface area contributed by atoms with E-state index in [1.165, 1.54) is 44.9 Å². The van der Waals surface area contributed by atoms with Crippen LogP contribution in [0.1, 0.15) is 71.1 Å². The van der Waals surface area contributed by atoms with Crippen LogP contribution in [0.3, 0.4) is 0 Å². The van der Waals surface area contributed by atoms with Crippen molar-refractivity contribution in [2.24, 2.45) is 0 Å². The van der Waals surface area contributed by atoms with E-state index in [9.17, 15) is 8.42 Å². The lowest BCUT2D eigenvalue weighted by Gasteiger charge is -2.06. The van der Waals surface area contributed by atoms with Crippen molar-refractivity contribution in [1.82, 2.24) is 6.15 Å². The monoisotopic (exact) mass is 343 g/mol. The predicted octanol–water partition coefficient (Wildman–Crippen LogP) is 5.48. The Balaban J connectivity index is 0.00000484. The highest BCUT2D eigenvalue weighted by atomic mass is 32.2. The van der Waals surface area contributed by atoms with Crippen LogP contribution in [0.15, 0.2) is 30.3 Å². The second-order valence-electron chi connectivity index (χ2n) is 5.84. The predicted molar refractivity (Wildman–Crippen MR) is 97.7 cm³/mol. The fourth-order valence-corrected chi connectivity index (χ4v) is 3.48. The number of rotatable bonds is 13. The van der Waals surface area contributed by atoms with Gasteiger partial charge in [-0.1, -0.05) is 82.9 Å². The lowest BCUT2D eigenvalue weighted by molar-refractivity contribution is 0.481. The van der Waals surface area contributed by atoms with E-state index in [0.29, 0.717) is 12.2 Å². The highest BCUT2D eigenvalue weighted by Gasteiger charge is 2.11. The highest BCUT2D eigenvalue weighted by molar-refractivity contribution is 7.87. The minimum absolute atomic E-state index is 0. The van der Waals surface area contributed by atoms with Crippen LogP contribution in [0, 0.1) is 0 Å². The van der Waals surface area contributed by atoms with Gasteiger partial charge in [-0.15, -0.1) is 0 Å². The third-order valence-corrected chi connectivity index (χ3v) is 4.95. The first-order valence-corrected chi connectivity index (χ1v) is 10.2. The van der Waals surface area contributed by atoms with E-state index in [-0.39, 0.29) is 11.9 Å². The molecule has 1 aromatic rings. The Bertz CT molecular complexity index is 474. The highest BCUT2D eigenvalue weighted by Crippen LogP contribution is 2.14. The minimum Gasteiger partial charge on any atom is -0.382 e. The van der Waals surface area contributed by atoms with Crippen LogP contribution in [0.4, 0.5) is 0 Å². The summed E-state index contributed by atoms with van der Waals surface area (Å²) in [5.74, 6) is 0.507. The van der Waals surface area contributed by atoms with Crippen molar-refractivity contribution < 1.29 is 12.6 Å². The molecule has 0 heterocycles. The lowest BCUT2D eigenvalue weighted by atomic mass is 10.1. The molecule has 0 spiro atoms. The molecular weight excluding hydrogens is 310 g/mol. The third-order valence-electron chi connectivity index (χ3n) is 3.71. The van der Waals surface area contributed by atoms with Crippen LogP contribution in [-0.2, 0) is 10.1 Å². The smallest absolute Gasteiger partial charge is 0.309 e. The van der Waals surface area contributed by atoms with Crippen molar-refractivity contribution in [1.29, 1.82) is 0 Å². The first-order valence-electron chi connectivity index (χ1n) is 8.61. The molecule has 4 nitrogen and oxygen atoms in total. The number of benzene rings is 1. The quantitative estimate of drug-likeness (QED) is 0.380.